The number of nitrogens with one attached hydrogen (secondary N) is 1. The number of aryl methyl sites for hydroxylation is 1. The Hall–Kier alpha value is -3.49. The Bertz CT molecular complexity index is 1180. The molecule has 5 heterocycles. The van der Waals surface area contributed by atoms with Gasteiger partial charge in [-0.2, -0.15) is 10.2 Å². The van der Waals surface area contributed by atoms with Gasteiger partial charge in [-0.25, -0.2) is 23.6 Å². The Balaban J connectivity index is 1.56. The smallest absolute Gasteiger partial charge is 0.183 e. The third kappa shape index (κ3) is 2.98. The molecule has 0 aromatic carbocycles. The van der Waals surface area contributed by atoms with Gasteiger partial charge in [-0.15, -0.1) is 0 Å². The summed E-state index contributed by atoms with van der Waals surface area (Å²) in [6, 6.07) is 4.87. The van der Waals surface area contributed by atoms with E-state index in [4.69, 9.17) is 4.98 Å². The number of hydrogen-bond donors (Lipinski definition) is 1. The van der Waals surface area contributed by atoms with Gasteiger partial charge < -0.3 is 10.2 Å². The molecule has 0 spiro atoms. The second-order valence-electron chi connectivity index (χ2n) is 7.21. The quantitative estimate of drug-likeness (QED) is 0.575. The van der Waals surface area contributed by atoms with Crippen LogP contribution in [0.2, 0.25) is 0 Å². The molecule has 0 unspecified atom stereocenters. The van der Waals surface area contributed by atoms with Crippen LogP contribution in [0.25, 0.3) is 11.3 Å². The lowest BCUT2D eigenvalue weighted by molar-refractivity contribution is 0.563. The Labute approximate surface area is 167 Å². The second-order valence-corrected chi connectivity index (χ2v) is 7.21. The van der Waals surface area contributed by atoms with Crippen LogP contribution < -0.4 is 10.2 Å². The highest BCUT2D eigenvalue weighted by Gasteiger charge is 2.31. The predicted octanol–water partition coefficient (Wildman–Crippen LogP) is 3.14. The standard InChI is InChI=1S/C20H21FN8/c1-13-10-23-29(12-13)16-11-24-28-9-7-18(26-20(16)28)27-8-3-4-15(27)19-14(21)5-6-17(22-2)25-19/h5-7,9-12,15H,3-4,8H2,1-2H3,(H,22,25)/t15-/m0/s1. The zero-order chi connectivity index (χ0) is 20.0. The third-order valence-electron chi connectivity index (χ3n) is 5.29. The number of aromatic nitrogens is 6. The SMILES string of the molecule is CNc1ccc(F)c([C@@H]2CCCN2c2ccn3ncc(-n4cc(C)cn4)c3n2)n1. The molecule has 1 saturated heterocycles. The molecule has 1 N–H and O–H groups in total. The minimum atomic E-state index is -0.293. The van der Waals surface area contributed by atoms with Crippen molar-refractivity contribution in [2.45, 2.75) is 25.8 Å². The van der Waals surface area contributed by atoms with E-state index in [2.05, 4.69) is 25.4 Å². The Kier molecular flexibility index (Phi) is 4.15. The number of halogens is 1. The molecule has 0 radical (unpaired) electrons. The molecule has 0 amide bonds. The van der Waals surface area contributed by atoms with Crippen molar-refractivity contribution in [3.05, 3.63) is 60.1 Å². The first-order valence-electron chi connectivity index (χ1n) is 9.61. The molecule has 4 aromatic rings. The number of hydrogen-bond acceptors (Lipinski definition) is 6. The van der Waals surface area contributed by atoms with Gasteiger partial charge in [0.1, 0.15) is 28.8 Å². The number of fused-ring (bicyclic) bond motifs is 1. The van der Waals surface area contributed by atoms with Gasteiger partial charge in [-0.1, -0.05) is 0 Å². The molecule has 148 valence electrons. The van der Waals surface area contributed by atoms with Gasteiger partial charge in [0.05, 0.1) is 18.4 Å². The van der Waals surface area contributed by atoms with E-state index in [-0.39, 0.29) is 11.9 Å². The van der Waals surface area contributed by atoms with Crippen molar-refractivity contribution in [2.24, 2.45) is 0 Å². The van der Waals surface area contributed by atoms with Crippen LogP contribution in [-0.4, -0.2) is 43.0 Å². The molecule has 1 aliphatic rings. The maximum absolute atomic E-state index is 14.6. The van der Waals surface area contributed by atoms with Crippen LogP contribution in [0, 0.1) is 12.7 Å². The maximum Gasteiger partial charge on any atom is 0.183 e. The van der Waals surface area contributed by atoms with E-state index in [1.807, 2.05) is 25.4 Å². The zero-order valence-electron chi connectivity index (χ0n) is 16.2. The summed E-state index contributed by atoms with van der Waals surface area (Å²) in [6.45, 7) is 2.78. The minimum absolute atomic E-state index is 0.156. The van der Waals surface area contributed by atoms with E-state index in [0.29, 0.717) is 17.2 Å². The molecule has 0 bridgehead atoms. The summed E-state index contributed by atoms with van der Waals surface area (Å²) in [5.41, 5.74) is 3.02. The summed E-state index contributed by atoms with van der Waals surface area (Å²) in [4.78, 5) is 11.5. The van der Waals surface area contributed by atoms with Crippen LogP contribution in [0.5, 0.6) is 0 Å². The second kappa shape index (κ2) is 6.84. The summed E-state index contributed by atoms with van der Waals surface area (Å²) in [7, 11) is 1.78. The first-order chi connectivity index (χ1) is 14.1. The molecule has 1 aliphatic heterocycles. The normalized spacial score (nSPS) is 16.7. The van der Waals surface area contributed by atoms with Crippen LogP contribution in [0.1, 0.15) is 30.1 Å². The molecule has 1 fully saturated rings. The first kappa shape index (κ1) is 17.6. The van der Waals surface area contributed by atoms with Gasteiger partial charge in [0.25, 0.3) is 0 Å². The monoisotopic (exact) mass is 392 g/mol. The Morgan fingerprint density at radius 1 is 1.14 bits per heavy atom. The van der Waals surface area contributed by atoms with Crippen LogP contribution in [0.15, 0.2) is 43.0 Å². The van der Waals surface area contributed by atoms with E-state index in [1.165, 1.54) is 6.07 Å². The summed E-state index contributed by atoms with van der Waals surface area (Å²) in [6.07, 6.45) is 9.14. The van der Waals surface area contributed by atoms with Gasteiger partial charge >= 0.3 is 0 Å². The molecule has 9 heteroatoms. The summed E-state index contributed by atoms with van der Waals surface area (Å²) < 4.78 is 18.1. The fraction of sp³-hybridized carbons (Fsp3) is 0.300. The first-order valence-corrected chi connectivity index (χ1v) is 9.61. The van der Waals surface area contributed by atoms with Crippen molar-refractivity contribution in [1.29, 1.82) is 0 Å². The number of anilines is 2. The summed E-state index contributed by atoms with van der Waals surface area (Å²) in [5, 5.41) is 11.7. The highest BCUT2D eigenvalue weighted by molar-refractivity contribution is 5.61. The summed E-state index contributed by atoms with van der Waals surface area (Å²) in [5.74, 6) is 1.14. The minimum Gasteiger partial charge on any atom is -0.373 e. The third-order valence-corrected chi connectivity index (χ3v) is 5.29. The molecule has 0 aliphatic carbocycles. The number of nitrogens with zero attached hydrogens (tertiary/aromatic N) is 7. The van der Waals surface area contributed by atoms with Gasteiger partial charge in [0, 0.05) is 26.0 Å². The molecule has 1 atom stereocenters. The van der Waals surface area contributed by atoms with E-state index < -0.39 is 0 Å². The van der Waals surface area contributed by atoms with Crippen molar-refractivity contribution >= 4 is 17.3 Å². The number of rotatable bonds is 4. The van der Waals surface area contributed by atoms with Crippen molar-refractivity contribution < 1.29 is 4.39 Å². The van der Waals surface area contributed by atoms with E-state index in [1.54, 1.807) is 34.7 Å². The molecule has 8 nitrogen and oxygen atoms in total. The molecule has 5 rings (SSSR count). The van der Waals surface area contributed by atoms with Crippen LogP contribution in [-0.2, 0) is 0 Å². The molecular formula is C20H21FN8. The lowest BCUT2D eigenvalue weighted by atomic mass is 10.1. The number of pyridine rings is 1. The fourth-order valence-electron chi connectivity index (χ4n) is 3.87. The van der Waals surface area contributed by atoms with Crippen molar-refractivity contribution in [1.82, 2.24) is 29.4 Å². The van der Waals surface area contributed by atoms with Crippen molar-refractivity contribution in [3.63, 3.8) is 0 Å². The molecule has 4 aromatic heterocycles. The lowest BCUT2D eigenvalue weighted by Gasteiger charge is -2.26. The fourth-order valence-corrected chi connectivity index (χ4v) is 3.87. The van der Waals surface area contributed by atoms with Crippen molar-refractivity contribution in [2.75, 3.05) is 23.8 Å². The zero-order valence-corrected chi connectivity index (χ0v) is 16.2. The van der Waals surface area contributed by atoms with Crippen LogP contribution in [0.3, 0.4) is 0 Å². The highest BCUT2D eigenvalue weighted by Crippen LogP contribution is 2.36. The maximum atomic E-state index is 14.6. The Morgan fingerprint density at radius 3 is 2.83 bits per heavy atom. The average molecular weight is 392 g/mol. The highest BCUT2D eigenvalue weighted by atomic mass is 19.1. The van der Waals surface area contributed by atoms with Gasteiger partial charge in [0.2, 0.25) is 0 Å². The molecule has 0 saturated carbocycles. The molecule has 29 heavy (non-hydrogen) atoms. The summed E-state index contributed by atoms with van der Waals surface area (Å²) >= 11 is 0. The van der Waals surface area contributed by atoms with Gasteiger partial charge in [-0.05, 0) is 43.5 Å². The van der Waals surface area contributed by atoms with Crippen molar-refractivity contribution in [3.8, 4) is 5.69 Å². The lowest BCUT2D eigenvalue weighted by Crippen LogP contribution is -2.25. The van der Waals surface area contributed by atoms with Crippen LogP contribution >= 0.6 is 0 Å². The van der Waals surface area contributed by atoms with Gasteiger partial charge in [0.15, 0.2) is 5.65 Å². The predicted molar refractivity (Wildman–Crippen MR) is 108 cm³/mol. The van der Waals surface area contributed by atoms with Gasteiger partial charge in [-0.3, -0.25) is 0 Å². The van der Waals surface area contributed by atoms with E-state index in [9.17, 15) is 4.39 Å². The largest absolute Gasteiger partial charge is 0.373 e. The van der Waals surface area contributed by atoms with E-state index >= 15 is 0 Å². The topological polar surface area (TPSA) is 76.2 Å². The van der Waals surface area contributed by atoms with E-state index in [0.717, 1.165) is 36.5 Å². The van der Waals surface area contributed by atoms with Crippen LogP contribution in [0.4, 0.5) is 16.0 Å². The Morgan fingerprint density at radius 2 is 2.03 bits per heavy atom. The average Bonchev–Trinajstić information content (AvgIpc) is 3.46. The molecular weight excluding hydrogens is 371 g/mol.